The molecule has 1 aliphatic rings. The molecule has 100 valence electrons. The van der Waals surface area contributed by atoms with Crippen LogP contribution in [0.25, 0.3) is 11.4 Å². The standard InChI is InChI=1S/C13H18N6/c1-4-14-12-8(2)11(10-7-15-18-19(10)3)16-13(17-12)9-5-6-9/h7,9H,4-6H2,1-3H3,(H,14,16,17). The Labute approximate surface area is 112 Å². The molecule has 0 unspecified atom stereocenters. The third kappa shape index (κ3) is 2.18. The van der Waals surface area contributed by atoms with Crippen molar-refractivity contribution in [2.75, 3.05) is 11.9 Å². The molecule has 0 amide bonds. The summed E-state index contributed by atoms with van der Waals surface area (Å²) in [6, 6.07) is 0. The maximum Gasteiger partial charge on any atom is 0.134 e. The zero-order valence-corrected chi connectivity index (χ0v) is 11.5. The zero-order valence-electron chi connectivity index (χ0n) is 11.5. The molecule has 1 fully saturated rings. The Morgan fingerprint density at radius 3 is 2.74 bits per heavy atom. The molecule has 0 bridgehead atoms. The number of rotatable bonds is 4. The predicted octanol–water partition coefficient (Wildman–Crippen LogP) is 1.89. The molecule has 2 aromatic heterocycles. The van der Waals surface area contributed by atoms with Crippen LogP contribution >= 0.6 is 0 Å². The van der Waals surface area contributed by atoms with Crippen LogP contribution < -0.4 is 5.32 Å². The lowest BCUT2D eigenvalue weighted by atomic mass is 10.1. The van der Waals surface area contributed by atoms with E-state index in [9.17, 15) is 0 Å². The average Bonchev–Trinajstić information content (AvgIpc) is 3.15. The van der Waals surface area contributed by atoms with Gasteiger partial charge in [-0.1, -0.05) is 5.21 Å². The number of aromatic nitrogens is 5. The molecule has 3 rings (SSSR count). The highest BCUT2D eigenvalue weighted by Gasteiger charge is 2.28. The van der Waals surface area contributed by atoms with Crippen LogP contribution in [0, 0.1) is 6.92 Å². The minimum Gasteiger partial charge on any atom is -0.370 e. The fourth-order valence-electron chi connectivity index (χ4n) is 2.15. The highest BCUT2D eigenvalue weighted by molar-refractivity contribution is 5.65. The summed E-state index contributed by atoms with van der Waals surface area (Å²) in [4.78, 5) is 9.38. The van der Waals surface area contributed by atoms with E-state index in [0.29, 0.717) is 5.92 Å². The van der Waals surface area contributed by atoms with Crippen molar-refractivity contribution in [3.8, 4) is 11.4 Å². The van der Waals surface area contributed by atoms with Crippen molar-refractivity contribution in [1.29, 1.82) is 0 Å². The van der Waals surface area contributed by atoms with E-state index >= 15 is 0 Å². The first kappa shape index (κ1) is 12.1. The number of aryl methyl sites for hydroxylation is 1. The Hall–Kier alpha value is -1.98. The molecule has 0 atom stereocenters. The average molecular weight is 258 g/mol. The van der Waals surface area contributed by atoms with Gasteiger partial charge in [0.25, 0.3) is 0 Å². The first-order valence-corrected chi connectivity index (χ1v) is 6.68. The van der Waals surface area contributed by atoms with E-state index in [-0.39, 0.29) is 0 Å². The lowest BCUT2D eigenvalue weighted by Crippen LogP contribution is -2.08. The van der Waals surface area contributed by atoms with E-state index in [0.717, 1.165) is 35.1 Å². The van der Waals surface area contributed by atoms with Gasteiger partial charge in [0.1, 0.15) is 17.3 Å². The van der Waals surface area contributed by atoms with Crippen LogP contribution in [0.3, 0.4) is 0 Å². The van der Waals surface area contributed by atoms with Gasteiger partial charge in [-0.3, -0.25) is 0 Å². The molecular weight excluding hydrogens is 240 g/mol. The number of nitrogens with zero attached hydrogens (tertiary/aromatic N) is 5. The van der Waals surface area contributed by atoms with E-state index in [2.05, 4.69) is 27.5 Å². The normalized spacial score (nSPS) is 14.7. The number of nitrogens with one attached hydrogen (secondary N) is 1. The van der Waals surface area contributed by atoms with Gasteiger partial charge in [-0.2, -0.15) is 0 Å². The highest BCUT2D eigenvalue weighted by atomic mass is 15.4. The van der Waals surface area contributed by atoms with Crippen molar-refractivity contribution < 1.29 is 0 Å². The molecule has 0 aromatic carbocycles. The molecule has 6 heteroatoms. The molecular formula is C13H18N6. The minimum absolute atomic E-state index is 0.526. The number of anilines is 1. The largest absolute Gasteiger partial charge is 0.370 e. The van der Waals surface area contributed by atoms with Crippen molar-refractivity contribution in [3.63, 3.8) is 0 Å². The van der Waals surface area contributed by atoms with Crippen LogP contribution in [0.2, 0.25) is 0 Å². The third-order valence-electron chi connectivity index (χ3n) is 3.41. The van der Waals surface area contributed by atoms with Crippen molar-refractivity contribution >= 4 is 5.82 Å². The SMILES string of the molecule is CCNc1nc(C2CC2)nc(-c2cnnn2C)c1C. The summed E-state index contributed by atoms with van der Waals surface area (Å²) >= 11 is 0. The maximum absolute atomic E-state index is 4.73. The highest BCUT2D eigenvalue weighted by Crippen LogP contribution is 2.40. The summed E-state index contributed by atoms with van der Waals surface area (Å²) < 4.78 is 1.75. The van der Waals surface area contributed by atoms with E-state index in [1.54, 1.807) is 10.9 Å². The second-order valence-electron chi connectivity index (χ2n) is 4.95. The van der Waals surface area contributed by atoms with Crippen molar-refractivity contribution in [1.82, 2.24) is 25.0 Å². The summed E-state index contributed by atoms with van der Waals surface area (Å²) in [5.74, 6) is 2.39. The molecule has 0 aliphatic heterocycles. The molecule has 19 heavy (non-hydrogen) atoms. The van der Waals surface area contributed by atoms with Gasteiger partial charge in [-0.15, -0.1) is 5.10 Å². The molecule has 1 aliphatic carbocycles. The van der Waals surface area contributed by atoms with Crippen LogP contribution in [0.4, 0.5) is 5.82 Å². The fourth-order valence-corrected chi connectivity index (χ4v) is 2.15. The summed E-state index contributed by atoms with van der Waals surface area (Å²) in [7, 11) is 1.88. The van der Waals surface area contributed by atoms with E-state index in [1.165, 1.54) is 12.8 Å². The van der Waals surface area contributed by atoms with Crippen LogP contribution in [0.1, 0.15) is 37.1 Å². The predicted molar refractivity (Wildman–Crippen MR) is 72.9 cm³/mol. The molecule has 1 saturated carbocycles. The smallest absolute Gasteiger partial charge is 0.134 e. The minimum atomic E-state index is 0.526. The molecule has 0 spiro atoms. The van der Waals surface area contributed by atoms with Crippen LogP contribution in [-0.4, -0.2) is 31.5 Å². The van der Waals surface area contributed by atoms with Crippen molar-refractivity contribution in [3.05, 3.63) is 17.6 Å². The van der Waals surface area contributed by atoms with Gasteiger partial charge in [0.2, 0.25) is 0 Å². The van der Waals surface area contributed by atoms with Gasteiger partial charge < -0.3 is 5.32 Å². The zero-order chi connectivity index (χ0) is 13.4. The van der Waals surface area contributed by atoms with Crippen LogP contribution in [0.5, 0.6) is 0 Å². The van der Waals surface area contributed by atoms with Gasteiger partial charge in [0.15, 0.2) is 0 Å². The Balaban J connectivity index is 2.13. The lowest BCUT2D eigenvalue weighted by molar-refractivity contribution is 0.717. The van der Waals surface area contributed by atoms with Gasteiger partial charge >= 0.3 is 0 Å². The molecule has 6 nitrogen and oxygen atoms in total. The second-order valence-corrected chi connectivity index (χ2v) is 4.95. The monoisotopic (exact) mass is 258 g/mol. The van der Waals surface area contributed by atoms with Gasteiger partial charge in [0, 0.05) is 25.1 Å². The van der Waals surface area contributed by atoms with Crippen LogP contribution in [0.15, 0.2) is 6.20 Å². The topological polar surface area (TPSA) is 68.5 Å². The maximum atomic E-state index is 4.73. The molecule has 2 aromatic rings. The van der Waals surface area contributed by atoms with Crippen molar-refractivity contribution in [2.24, 2.45) is 7.05 Å². The van der Waals surface area contributed by atoms with Crippen molar-refractivity contribution in [2.45, 2.75) is 32.6 Å². The Kier molecular flexibility index (Phi) is 2.93. The van der Waals surface area contributed by atoms with E-state index in [4.69, 9.17) is 4.98 Å². The Bertz CT molecular complexity index is 599. The number of hydrogen-bond acceptors (Lipinski definition) is 5. The molecule has 0 saturated heterocycles. The molecule has 1 N–H and O–H groups in total. The third-order valence-corrected chi connectivity index (χ3v) is 3.41. The first-order chi connectivity index (χ1) is 9.20. The Morgan fingerprint density at radius 1 is 1.37 bits per heavy atom. The summed E-state index contributed by atoms with van der Waals surface area (Å²) in [5, 5.41) is 11.2. The summed E-state index contributed by atoms with van der Waals surface area (Å²) in [5.41, 5.74) is 2.91. The van der Waals surface area contributed by atoms with Gasteiger partial charge in [-0.25, -0.2) is 14.6 Å². The lowest BCUT2D eigenvalue weighted by Gasteiger charge is -2.12. The quantitative estimate of drug-likeness (QED) is 0.907. The molecule has 2 heterocycles. The van der Waals surface area contributed by atoms with Gasteiger partial charge in [-0.05, 0) is 26.7 Å². The summed E-state index contributed by atoms with van der Waals surface area (Å²) in [6.07, 6.45) is 4.14. The second kappa shape index (κ2) is 4.60. The summed E-state index contributed by atoms with van der Waals surface area (Å²) in [6.45, 7) is 4.96. The van der Waals surface area contributed by atoms with Crippen LogP contribution in [-0.2, 0) is 7.05 Å². The van der Waals surface area contributed by atoms with E-state index < -0.39 is 0 Å². The molecule has 0 radical (unpaired) electrons. The van der Waals surface area contributed by atoms with E-state index in [1.807, 2.05) is 14.0 Å². The fraction of sp³-hybridized carbons (Fsp3) is 0.538. The van der Waals surface area contributed by atoms with Gasteiger partial charge in [0.05, 0.1) is 11.9 Å². The number of hydrogen-bond donors (Lipinski definition) is 1. The first-order valence-electron chi connectivity index (χ1n) is 6.68. The Morgan fingerprint density at radius 2 is 2.16 bits per heavy atom.